The number of nitrogens with zero attached hydrogens (tertiary/aromatic N) is 4. The molecule has 0 bridgehead atoms. The number of amides is 2. The van der Waals surface area contributed by atoms with E-state index >= 15 is 0 Å². The molecule has 3 rings (SSSR count). The number of imidazole rings is 1. The highest BCUT2D eigenvalue weighted by Gasteiger charge is 2.27. The number of benzene rings is 1. The van der Waals surface area contributed by atoms with Gasteiger partial charge in [0.2, 0.25) is 5.91 Å². The van der Waals surface area contributed by atoms with E-state index in [1.54, 1.807) is 30.3 Å². The normalized spacial score (nSPS) is 15.0. The van der Waals surface area contributed by atoms with Gasteiger partial charge in [0.15, 0.2) is 0 Å². The number of aromatic nitrogens is 2. The first-order valence-corrected chi connectivity index (χ1v) is 9.29. The van der Waals surface area contributed by atoms with Gasteiger partial charge < -0.3 is 14.9 Å². The highest BCUT2D eigenvalue weighted by molar-refractivity contribution is 5.78. The van der Waals surface area contributed by atoms with Gasteiger partial charge in [0.25, 0.3) is 0 Å². The number of piperidine rings is 1. The lowest BCUT2D eigenvalue weighted by molar-refractivity contribution is -0.132. The van der Waals surface area contributed by atoms with Crippen molar-refractivity contribution in [2.24, 2.45) is 0 Å². The molecule has 27 heavy (non-hydrogen) atoms. The molecule has 1 aromatic heterocycles. The Labute approximate surface area is 159 Å². The van der Waals surface area contributed by atoms with Crippen molar-refractivity contribution in [1.29, 1.82) is 0 Å². The zero-order chi connectivity index (χ0) is 19.6. The number of likely N-dealkylation sites (tertiary alicyclic amines) is 1. The first-order valence-electron chi connectivity index (χ1n) is 9.29. The quantitative estimate of drug-likeness (QED) is 0.901. The Morgan fingerprint density at radius 3 is 2.63 bits per heavy atom. The van der Waals surface area contributed by atoms with E-state index in [4.69, 9.17) is 0 Å². The molecule has 1 aliphatic heterocycles. The lowest BCUT2D eigenvalue weighted by Gasteiger charge is -2.36. The topological polar surface area (TPSA) is 78.7 Å². The summed E-state index contributed by atoms with van der Waals surface area (Å²) in [7, 11) is 1.80. The maximum absolute atomic E-state index is 12.8. The van der Waals surface area contributed by atoms with Gasteiger partial charge in [-0.25, -0.2) is 9.78 Å². The summed E-state index contributed by atoms with van der Waals surface area (Å²) in [6.45, 7) is 5.08. The second kappa shape index (κ2) is 7.82. The van der Waals surface area contributed by atoms with Gasteiger partial charge in [-0.05, 0) is 43.5 Å². The van der Waals surface area contributed by atoms with Crippen LogP contribution in [0.4, 0.5) is 4.79 Å². The van der Waals surface area contributed by atoms with Gasteiger partial charge in [0.1, 0.15) is 12.1 Å². The lowest BCUT2D eigenvalue weighted by Crippen LogP contribution is -2.48. The Morgan fingerprint density at radius 1 is 1.30 bits per heavy atom. The molecule has 1 fully saturated rings. The molecule has 1 aromatic carbocycles. The molecule has 2 aromatic rings. The second-order valence-electron chi connectivity index (χ2n) is 7.03. The van der Waals surface area contributed by atoms with Crippen LogP contribution in [0.5, 0.6) is 5.75 Å². The fourth-order valence-electron chi connectivity index (χ4n) is 3.46. The number of hydrogen-bond acceptors (Lipinski definition) is 4. The molecule has 0 radical (unpaired) electrons. The molecule has 0 unspecified atom stereocenters. The smallest absolute Gasteiger partial charge is 0.329 e. The fourth-order valence-corrected chi connectivity index (χ4v) is 3.46. The predicted octanol–water partition coefficient (Wildman–Crippen LogP) is 2.87. The molecule has 1 saturated heterocycles. The van der Waals surface area contributed by atoms with Crippen LogP contribution < -0.4 is 0 Å². The van der Waals surface area contributed by atoms with Crippen molar-refractivity contribution in [2.45, 2.75) is 39.2 Å². The number of rotatable bonds is 3. The fraction of sp³-hybridized carbons (Fsp3) is 0.450. The van der Waals surface area contributed by atoms with Crippen LogP contribution in [0.2, 0.25) is 0 Å². The maximum atomic E-state index is 12.8. The molecule has 0 spiro atoms. The lowest BCUT2D eigenvalue weighted by atomic mass is 10.0. The van der Waals surface area contributed by atoms with Crippen LogP contribution in [0, 0.1) is 6.92 Å². The summed E-state index contributed by atoms with van der Waals surface area (Å²) in [5, 5.41) is 9.66. The molecule has 2 amide bonds. The zero-order valence-corrected chi connectivity index (χ0v) is 16.1. The van der Waals surface area contributed by atoms with E-state index in [-0.39, 0.29) is 23.7 Å². The average molecular weight is 370 g/mol. The number of aryl methyl sites for hydroxylation is 1. The van der Waals surface area contributed by atoms with Gasteiger partial charge >= 0.3 is 6.03 Å². The largest absolute Gasteiger partial charge is 0.508 e. The molecule has 144 valence electrons. The van der Waals surface area contributed by atoms with Gasteiger partial charge in [-0.2, -0.15) is 0 Å². The van der Waals surface area contributed by atoms with E-state index in [0.717, 1.165) is 24.0 Å². The van der Waals surface area contributed by atoms with E-state index < -0.39 is 0 Å². The third-order valence-electron chi connectivity index (χ3n) is 5.27. The molecule has 0 atom stereocenters. The monoisotopic (exact) mass is 370 g/mol. The summed E-state index contributed by atoms with van der Waals surface area (Å²) in [4.78, 5) is 32.6. The van der Waals surface area contributed by atoms with Crippen LogP contribution >= 0.6 is 0 Å². The number of carbonyl (C=O) groups is 2. The minimum Gasteiger partial charge on any atom is -0.508 e. The molecule has 0 saturated carbocycles. The molecule has 1 aliphatic rings. The summed E-state index contributed by atoms with van der Waals surface area (Å²) < 4.78 is 1.49. The number of phenols is 1. The SMILES string of the molecule is CCC(=O)N1CCC(N(C)C(=O)n2cnc(-c3ccc(O)c(C)c3)c2)CC1. The Kier molecular flexibility index (Phi) is 5.48. The van der Waals surface area contributed by atoms with Crippen molar-refractivity contribution in [3.8, 4) is 17.0 Å². The molecule has 7 nitrogen and oxygen atoms in total. The van der Waals surface area contributed by atoms with E-state index in [0.29, 0.717) is 25.2 Å². The van der Waals surface area contributed by atoms with E-state index in [1.807, 2.05) is 24.8 Å². The Morgan fingerprint density at radius 2 is 2.00 bits per heavy atom. The van der Waals surface area contributed by atoms with E-state index in [9.17, 15) is 14.7 Å². The standard InChI is InChI=1S/C20H26N4O3/c1-4-19(26)23-9-7-16(8-10-23)22(3)20(27)24-12-17(21-13-24)15-5-6-18(25)14(2)11-15/h5-6,11-13,16,25H,4,7-10H2,1-3H3. The van der Waals surface area contributed by atoms with Crippen molar-refractivity contribution in [1.82, 2.24) is 19.4 Å². The summed E-state index contributed by atoms with van der Waals surface area (Å²) in [6.07, 6.45) is 5.32. The van der Waals surface area contributed by atoms with E-state index in [2.05, 4.69) is 4.98 Å². The van der Waals surface area contributed by atoms with Gasteiger partial charge in [-0.1, -0.05) is 6.92 Å². The third-order valence-corrected chi connectivity index (χ3v) is 5.27. The summed E-state index contributed by atoms with van der Waals surface area (Å²) in [5.74, 6) is 0.410. The van der Waals surface area contributed by atoms with E-state index in [1.165, 1.54) is 10.9 Å². The van der Waals surface area contributed by atoms with Gasteiger partial charge in [-0.15, -0.1) is 0 Å². The molecule has 1 N–H and O–H groups in total. The molecular formula is C20H26N4O3. The van der Waals surface area contributed by atoms with Gasteiger partial charge in [0.05, 0.1) is 5.69 Å². The third kappa shape index (κ3) is 3.97. The van der Waals surface area contributed by atoms with Crippen molar-refractivity contribution in [3.05, 3.63) is 36.3 Å². The summed E-state index contributed by atoms with van der Waals surface area (Å²) >= 11 is 0. The van der Waals surface area contributed by atoms with Crippen LogP contribution in [0.25, 0.3) is 11.3 Å². The second-order valence-corrected chi connectivity index (χ2v) is 7.03. The molecule has 7 heteroatoms. The van der Waals surface area contributed by atoms with Crippen LogP contribution in [-0.2, 0) is 4.79 Å². The zero-order valence-electron chi connectivity index (χ0n) is 16.1. The Bertz CT molecular complexity index is 838. The highest BCUT2D eigenvalue weighted by atomic mass is 16.3. The summed E-state index contributed by atoms with van der Waals surface area (Å²) in [5.41, 5.74) is 2.30. The highest BCUT2D eigenvalue weighted by Crippen LogP contribution is 2.24. The first kappa shape index (κ1) is 18.9. The number of carbonyl (C=O) groups excluding carboxylic acids is 2. The van der Waals surface area contributed by atoms with Crippen LogP contribution in [-0.4, -0.2) is 62.6 Å². The van der Waals surface area contributed by atoms with Crippen molar-refractivity contribution in [3.63, 3.8) is 0 Å². The van der Waals surface area contributed by atoms with Crippen LogP contribution in [0.15, 0.2) is 30.7 Å². The Hall–Kier alpha value is -2.83. The molecular weight excluding hydrogens is 344 g/mol. The number of aromatic hydroxyl groups is 1. The maximum Gasteiger partial charge on any atom is 0.329 e. The van der Waals surface area contributed by atoms with Gasteiger partial charge in [0, 0.05) is 44.4 Å². The van der Waals surface area contributed by atoms with Crippen molar-refractivity contribution in [2.75, 3.05) is 20.1 Å². The minimum atomic E-state index is -0.135. The predicted molar refractivity (Wildman–Crippen MR) is 103 cm³/mol. The summed E-state index contributed by atoms with van der Waals surface area (Å²) in [6, 6.07) is 5.23. The van der Waals surface area contributed by atoms with Crippen LogP contribution in [0.3, 0.4) is 0 Å². The first-order chi connectivity index (χ1) is 12.9. The van der Waals surface area contributed by atoms with Crippen molar-refractivity contribution >= 4 is 11.9 Å². The van der Waals surface area contributed by atoms with Crippen LogP contribution in [0.1, 0.15) is 31.7 Å². The number of hydrogen-bond donors (Lipinski definition) is 1. The average Bonchev–Trinajstić information content (AvgIpc) is 3.18. The molecule has 0 aliphatic carbocycles. The van der Waals surface area contributed by atoms with Crippen molar-refractivity contribution < 1.29 is 14.7 Å². The molecule has 2 heterocycles. The number of phenolic OH excluding ortho intramolecular Hbond substituents is 1. The minimum absolute atomic E-state index is 0.111. The van der Waals surface area contributed by atoms with Gasteiger partial charge in [-0.3, -0.25) is 9.36 Å². The Balaban J connectivity index is 1.67.